The molecule has 4 rings (SSSR count). The van der Waals surface area contributed by atoms with Gasteiger partial charge in [-0.3, -0.25) is 5.10 Å². The van der Waals surface area contributed by atoms with Crippen LogP contribution in [0.2, 0.25) is 0 Å². The van der Waals surface area contributed by atoms with Crippen LogP contribution < -0.4 is 10.6 Å². The van der Waals surface area contributed by atoms with Gasteiger partial charge in [-0.05, 0) is 30.3 Å². The molecule has 0 unspecified atom stereocenters. The van der Waals surface area contributed by atoms with Crippen molar-refractivity contribution >= 4 is 34.0 Å². The van der Waals surface area contributed by atoms with E-state index in [0.29, 0.717) is 5.69 Å². The molecule has 0 spiro atoms. The highest BCUT2D eigenvalue weighted by molar-refractivity contribution is 5.82. The molecule has 0 aliphatic heterocycles. The number of phenols is 1. The monoisotopic (exact) mass is 336 g/mol. The third-order valence-corrected chi connectivity index (χ3v) is 3.55. The summed E-state index contributed by atoms with van der Waals surface area (Å²) in [7, 11) is 0. The minimum absolute atomic E-state index is 0.00529. The molecule has 124 valence electrons. The number of benzene rings is 2. The summed E-state index contributed by atoms with van der Waals surface area (Å²) in [6, 6.07) is 12.0. The number of aromatic hydroxyl groups is 1. The number of nitrogens with zero attached hydrogens (tertiary/aromatic N) is 3. The minimum atomic E-state index is -0.599. The maximum Gasteiger partial charge on any atom is 0.229 e. The van der Waals surface area contributed by atoms with Gasteiger partial charge in [0.1, 0.15) is 5.75 Å². The standard InChI is InChI=1S/C17H13FN6O/c18-14-9-19-17(22-12-5-4-10-8-20-24-15(10)7-12)23-16(14)21-11-2-1-3-13(25)6-11/h1-9,25H,(H,20,24)(H2,19,21,22,23). The quantitative estimate of drug-likeness (QED) is 0.454. The lowest BCUT2D eigenvalue weighted by Crippen LogP contribution is -2.03. The van der Waals surface area contributed by atoms with Crippen molar-refractivity contribution in [2.75, 3.05) is 10.6 Å². The van der Waals surface area contributed by atoms with Crippen LogP contribution in [0.25, 0.3) is 10.9 Å². The fourth-order valence-corrected chi connectivity index (χ4v) is 2.38. The number of nitrogens with one attached hydrogen (secondary N) is 3. The molecule has 2 heterocycles. The van der Waals surface area contributed by atoms with E-state index in [1.807, 2.05) is 18.2 Å². The third-order valence-electron chi connectivity index (χ3n) is 3.55. The van der Waals surface area contributed by atoms with Crippen LogP contribution in [-0.2, 0) is 0 Å². The highest BCUT2D eigenvalue weighted by atomic mass is 19.1. The molecule has 0 saturated heterocycles. The summed E-state index contributed by atoms with van der Waals surface area (Å²) in [6.07, 6.45) is 2.81. The predicted octanol–water partition coefficient (Wildman–Crippen LogP) is 3.68. The summed E-state index contributed by atoms with van der Waals surface area (Å²) in [5, 5.41) is 23.2. The molecule has 0 radical (unpaired) electrons. The van der Waals surface area contributed by atoms with E-state index in [1.54, 1.807) is 18.3 Å². The second kappa shape index (κ2) is 6.08. The fraction of sp³-hybridized carbons (Fsp3) is 0. The Morgan fingerprint density at radius 3 is 2.76 bits per heavy atom. The molecule has 0 bridgehead atoms. The number of anilines is 4. The summed E-state index contributed by atoms with van der Waals surface area (Å²) in [6.45, 7) is 0. The van der Waals surface area contributed by atoms with Crippen molar-refractivity contribution in [3.8, 4) is 5.75 Å². The van der Waals surface area contributed by atoms with Crippen molar-refractivity contribution < 1.29 is 9.50 Å². The lowest BCUT2D eigenvalue weighted by molar-refractivity contribution is 0.475. The Morgan fingerprint density at radius 1 is 1.00 bits per heavy atom. The number of hydrogen-bond acceptors (Lipinski definition) is 6. The van der Waals surface area contributed by atoms with Crippen molar-refractivity contribution in [1.29, 1.82) is 0 Å². The SMILES string of the molecule is Oc1cccc(Nc2nc(Nc3ccc4cn[nH]c4c3)ncc2F)c1. The van der Waals surface area contributed by atoms with E-state index < -0.39 is 5.82 Å². The number of fused-ring (bicyclic) bond motifs is 1. The Labute approximate surface area is 141 Å². The predicted molar refractivity (Wildman–Crippen MR) is 92.8 cm³/mol. The molecule has 0 saturated carbocycles. The molecule has 25 heavy (non-hydrogen) atoms. The van der Waals surface area contributed by atoms with E-state index in [4.69, 9.17) is 0 Å². The van der Waals surface area contributed by atoms with Gasteiger partial charge in [0.15, 0.2) is 11.6 Å². The van der Waals surface area contributed by atoms with Crippen LogP contribution in [-0.4, -0.2) is 25.3 Å². The summed E-state index contributed by atoms with van der Waals surface area (Å²) < 4.78 is 14.0. The number of halogens is 1. The maximum atomic E-state index is 14.0. The molecule has 2 aromatic heterocycles. The number of hydrogen-bond donors (Lipinski definition) is 4. The summed E-state index contributed by atoms with van der Waals surface area (Å²) in [4.78, 5) is 8.09. The Hall–Kier alpha value is -3.68. The molecule has 0 amide bonds. The highest BCUT2D eigenvalue weighted by Gasteiger charge is 2.08. The first-order valence-corrected chi connectivity index (χ1v) is 7.46. The first-order chi connectivity index (χ1) is 12.2. The zero-order chi connectivity index (χ0) is 17.2. The van der Waals surface area contributed by atoms with E-state index in [9.17, 15) is 9.50 Å². The average molecular weight is 336 g/mol. The van der Waals surface area contributed by atoms with Gasteiger partial charge < -0.3 is 15.7 Å². The van der Waals surface area contributed by atoms with Gasteiger partial charge in [-0.2, -0.15) is 10.1 Å². The zero-order valence-electron chi connectivity index (χ0n) is 12.9. The Balaban J connectivity index is 1.60. The van der Waals surface area contributed by atoms with Gasteiger partial charge in [-0.25, -0.2) is 9.37 Å². The molecule has 0 fully saturated rings. The lowest BCUT2D eigenvalue weighted by Gasteiger charge is -2.09. The van der Waals surface area contributed by atoms with Crippen LogP contribution in [0.5, 0.6) is 5.75 Å². The maximum absolute atomic E-state index is 14.0. The van der Waals surface area contributed by atoms with Crippen LogP contribution in [0.1, 0.15) is 0 Å². The zero-order valence-corrected chi connectivity index (χ0v) is 12.9. The third kappa shape index (κ3) is 3.18. The van der Waals surface area contributed by atoms with Crippen molar-refractivity contribution in [2.24, 2.45) is 0 Å². The fourth-order valence-electron chi connectivity index (χ4n) is 2.38. The van der Waals surface area contributed by atoms with Crippen LogP contribution in [0.3, 0.4) is 0 Å². The van der Waals surface area contributed by atoms with Gasteiger partial charge in [-0.1, -0.05) is 6.07 Å². The summed E-state index contributed by atoms with van der Waals surface area (Å²) >= 11 is 0. The van der Waals surface area contributed by atoms with E-state index in [-0.39, 0.29) is 17.5 Å². The molecule has 4 aromatic rings. The van der Waals surface area contributed by atoms with Crippen LogP contribution >= 0.6 is 0 Å². The molecule has 8 heteroatoms. The van der Waals surface area contributed by atoms with Crippen LogP contribution in [0.4, 0.5) is 27.5 Å². The molecule has 0 aliphatic carbocycles. The van der Waals surface area contributed by atoms with Crippen molar-refractivity contribution in [2.45, 2.75) is 0 Å². The average Bonchev–Trinajstić information content (AvgIpc) is 3.06. The van der Waals surface area contributed by atoms with Gasteiger partial charge >= 0.3 is 0 Å². The Bertz CT molecular complexity index is 1050. The van der Waals surface area contributed by atoms with Crippen molar-refractivity contribution in [1.82, 2.24) is 20.2 Å². The van der Waals surface area contributed by atoms with Gasteiger partial charge in [0.05, 0.1) is 17.9 Å². The first-order valence-electron chi connectivity index (χ1n) is 7.46. The second-order valence-electron chi connectivity index (χ2n) is 5.36. The molecule has 4 N–H and O–H groups in total. The largest absolute Gasteiger partial charge is 0.508 e. The van der Waals surface area contributed by atoms with Crippen LogP contribution in [0, 0.1) is 5.82 Å². The number of H-pyrrole nitrogens is 1. The normalized spacial score (nSPS) is 10.8. The lowest BCUT2D eigenvalue weighted by atomic mass is 10.2. The summed E-state index contributed by atoms with van der Waals surface area (Å²) in [5.41, 5.74) is 2.12. The van der Waals surface area contributed by atoms with Gasteiger partial charge in [0.25, 0.3) is 0 Å². The molecular formula is C17H13FN6O. The van der Waals surface area contributed by atoms with Gasteiger partial charge in [0, 0.05) is 22.8 Å². The van der Waals surface area contributed by atoms with Gasteiger partial charge in [-0.15, -0.1) is 0 Å². The highest BCUT2D eigenvalue weighted by Crippen LogP contribution is 2.23. The number of aromatic nitrogens is 4. The van der Waals surface area contributed by atoms with E-state index >= 15 is 0 Å². The molecule has 2 aromatic carbocycles. The Kier molecular flexibility index (Phi) is 3.62. The second-order valence-corrected chi connectivity index (χ2v) is 5.36. The van der Waals surface area contributed by atoms with Crippen molar-refractivity contribution in [3.05, 3.63) is 60.7 Å². The van der Waals surface area contributed by atoms with E-state index in [1.165, 1.54) is 12.1 Å². The molecule has 7 nitrogen and oxygen atoms in total. The summed E-state index contributed by atoms with van der Waals surface area (Å²) in [5.74, 6) is -0.280. The first kappa shape index (κ1) is 14.9. The number of aromatic amines is 1. The smallest absolute Gasteiger partial charge is 0.229 e. The number of rotatable bonds is 4. The topological polar surface area (TPSA) is 98.7 Å². The molecule has 0 atom stereocenters. The van der Waals surface area contributed by atoms with E-state index in [2.05, 4.69) is 30.8 Å². The van der Waals surface area contributed by atoms with Gasteiger partial charge in [0.2, 0.25) is 5.95 Å². The molecular weight excluding hydrogens is 323 g/mol. The van der Waals surface area contributed by atoms with E-state index in [0.717, 1.165) is 22.8 Å². The Morgan fingerprint density at radius 2 is 1.88 bits per heavy atom. The minimum Gasteiger partial charge on any atom is -0.508 e. The molecule has 0 aliphatic rings. The number of phenolic OH excluding ortho intramolecular Hbond substituents is 1. The van der Waals surface area contributed by atoms with Crippen molar-refractivity contribution in [3.63, 3.8) is 0 Å². The van der Waals surface area contributed by atoms with Crippen LogP contribution in [0.15, 0.2) is 54.9 Å².